The van der Waals surface area contributed by atoms with Gasteiger partial charge < -0.3 is 18.7 Å². The topological polar surface area (TPSA) is 69.9 Å². The Bertz CT molecular complexity index is 929. The van der Waals surface area contributed by atoms with E-state index in [9.17, 15) is 0 Å². The maximum Gasteiger partial charge on any atom is 0.241 e. The Balaban J connectivity index is 1.47. The van der Waals surface area contributed by atoms with Gasteiger partial charge in [-0.2, -0.15) is 4.98 Å². The second-order valence-electron chi connectivity index (χ2n) is 6.94. The smallest absolute Gasteiger partial charge is 0.241 e. The molecule has 4 rings (SSSR count). The van der Waals surface area contributed by atoms with Gasteiger partial charge in [0.1, 0.15) is 0 Å². The molecule has 2 heterocycles. The highest BCUT2D eigenvalue weighted by Gasteiger charge is 2.22. The summed E-state index contributed by atoms with van der Waals surface area (Å²) in [7, 11) is 1.73. The van der Waals surface area contributed by atoms with Gasteiger partial charge in [-0.15, -0.1) is 0 Å². The number of benzene rings is 2. The van der Waals surface area contributed by atoms with Crippen LogP contribution in [-0.2, 0) is 17.7 Å². The molecule has 0 aliphatic carbocycles. The number of fused-ring (bicyclic) bond motifs is 1. The van der Waals surface area contributed by atoms with E-state index >= 15 is 0 Å². The van der Waals surface area contributed by atoms with E-state index in [1.807, 2.05) is 24.3 Å². The number of methoxy groups -OCH3 is 1. The minimum Gasteiger partial charge on any atom is -0.454 e. The van der Waals surface area contributed by atoms with Crippen LogP contribution in [0.25, 0.3) is 11.4 Å². The normalized spacial score (nSPS) is 13.8. The van der Waals surface area contributed by atoms with Crippen LogP contribution in [0.15, 0.2) is 53.1 Å². The molecule has 29 heavy (non-hydrogen) atoms. The quantitative estimate of drug-likeness (QED) is 0.549. The van der Waals surface area contributed by atoms with Crippen LogP contribution in [0, 0.1) is 0 Å². The van der Waals surface area contributed by atoms with Crippen molar-refractivity contribution in [2.45, 2.75) is 25.9 Å². The van der Waals surface area contributed by atoms with Crippen molar-refractivity contribution < 1.29 is 18.7 Å². The number of likely N-dealkylation sites (N-methyl/N-ethyl adjacent to an activating group) is 1. The van der Waals surface area contributed by atoms with Crippen molar-refractivity contribution in [3.05, 3.63) is 60.0 Å². The van der Waals surface area contributed by atoms with Gasteiger partial charge in [0.25, 0.3) is 0 Å². The van der Waals surface area contributed by atoms with Gasteiger partial charge in [0, 0.05) is 18.7 Å². The summed E-state index contributed by atoms with van der Waals surface area (Å²) >= 11 is 0. The van der Waals surface area contributed by atoms with Crippen LogP contribution >= 0.6 is 0 Å². The second-order valence-corrected chi connectivity index (χ2v) is 6.94. The molecule has 7 heteroatoms. The van der Waals surface area contributed by atoms with Gasteiger partial charge in [-0.3, -0.25) is 4.90 Å². The van der Waals surface area contributed by atoms with Gasteiger partial charge in [0.15, 0.2) is 11.5 Å². The lowest BCUT2D eigenvalue weighted by Crippen LogP contribution is -2.39. The van der Waals surface area contributed by atoms with Gasteiger partial charge in [0.2, 0.25) is 18.5 Å². The first kappa shape index (κ1) is 19.4. The fourth-order valence-corrected chi connectivity index (χ4v) is 3.52. The molecule has 0 amide bonds. The predicted molar refractivity (Wildman–Crippen MR) is 108 cm³/mol. The van der Waals surface area contributed by atoms with E-state index in [0.29, 0.717) is 30.6 Å². The zero-order valence-electron chi connectivity index (χ0n) is 16.7. The first-order valence-electron chi connectivity index (χ1n) is 9.76. The fraction of sp³-hybridized carbons (Fsp3) is 0.364. The van der Waals surface area contributed by atoms with Gasteiger partial charge in [-0.05, 0) is 36.7 Å². The third-order valence-electron chi connectivity index (χ3n) is 5.03. The van der Waals surface area contributed by atoms with Crippen molar-refractivity contribution in [1.82, 2.24) is 15.0 Å². The fourth-order valence-electron chi connectivity index (χ4n) is 3.52. The van der Waals surface area contributed by atoms with E-state index in [2.05, 4.69) is 46.2 Å². The van der Waals surface area contributed by atoms with Gasteiger partial charge in [0.05, 0.1) is 13.2 Å². The highest BCUT2D eigenvalue weighted by Crippen LogP contribution is 2.35. The summed E-state index contributed by atoms with van der Waals surface area (Å²) in [4.78, 5) is 6.89. The van der Waals surface area contributed by atoms with Crippen molar-refractivity contribution in [2.24, 2.45) is 0 Å². The molecule has 0 N–H and O–H groups in total. The van der Waals surface area contributed by atoms with Gasteiger partial charge in [-0.1, -0.05) is 42.4 Å². The molecule has 152 valence electrons. The Morgan fingerprint density at radius 3 is 2.72 bits per heavy atom. The molecule has 0 unspecified atom stereocenters. The molecule has 0 saturated carbocycles. The molecule has 0 bridgehead atoms. The summed E-state index contributed by atoms with van der Waals surface area (Å²) in [5.74, 6) is 2.55. The molecule has 7 nitrogen and oxygen atoms in total. The molecule has 0 radical (unpaired) electrons. The SMILES string of the molecule is CCN(Cc1nc(-c2ccc3c(c2)OCO3)no1)[C@@H](COC)Cc1ccccc1. The van der Waals surface area contributed by atoms with Crippen molar-refractivity contribution in [3.63, 3.8) is 0 Å². The Labute approximate surface area is 170 Å². The monoisotopic (exact) mass is 395 g/mol. The number of aromatic nitrogens is 2. The molecule has 1 aliphatic heterocycles. The van der Waals surface area contributed by atoms with E-state index in [4.69, 9.17) is 18.7 Å². The van der Waals surface area contributed by atoms with Crippen LogP contribution < -0.4 is 9.47 Å². The summed E-state index contributed by atoms with van der Waals surface area (Å²) in [5, 5.41) is 4.15. The summed E-state index contributed by atoms with van der Waals surface area (Å²) in [6.07, 6.45) is 0.895. The summed E-state index contributed by atoms with van der Waals surface area (Å²) in [6.45, 7) is 4.41. The van der Waals surface area contributed by atoms with Crippen LogP contribution in [0.1, 0.15) is 18.4 Å². The molecule has 3 aromatic rings. The average Bonchev–Trinajstić information content (AvgIpc) is 3.41. The molecular formula is C22H25N3O4. The van der Waals surface area contributed by atoms with Crippen LogP contribution in [0.4, 0.5) is 0 Å². The van der Waals surface area contributed by atoms with E-state index in [-0.39, 0.29) is 12.8 Å². The Hall–Kier alpha value is -2.90. The summed E-state index contributed by atoms with van der Waals surface area (Å²) < 4.78 is 21.8. The van der Waals surface area contributed by atoms with Crippen molar-refractivity contribution in [3.8, 4) is 22.9 Å². The molecule has 0 spiro atoms. The van der Waals surface area contributed by atoms with Crippen molar-refractivity contribution in [1.29, 1.82) is 0 Å². The van der Waals surface area contributed by atoms with E-state index < -0.39 is 0 Å². The average molecular weight is 395 g/mol. The predicted octanol–water partition coefficient (Wildman–Crippen LogP) is 3.54. The minimum absolute atomic E-state index is 0.216. The van der Waals surface area contributed by atoms with Gasteiger partial charge >= 0.3 is 0 Å². The van der Waals surface area contributed by atoms with Crippen molar-refractivity contribution >= 4 is 0 Å². The molecular weight excluding hydrogens is 370 g/mol. The largest absolute Gasteiger partial charge is 0.454 e. The van der Waals surface area contributed by atoms with Crippen LogP contribution in [0.2, 0.25) is 0 Å². The lowest BCUT2D eigenvalue weighted by atomic mass is 10.1. The molecule has 1 atom stereocenters. The first-order valence-corrected chi connectivity index (χ1v) is 9.76. The Morgan fingerprint density at radius 1 is 1.10 bits per heavy atom. The molecule has 1 aliphatic rings. The Morgan fingerprint density at radius 2 is 1.93 bits per heavy atom. The zero-order chi connectivity index (χ0) is 20.1. The molecule has 2 aromatic carbocycles. The maximum absolute atomic E-state index is 5.53. The first-order chi connectivity index (χ1) is 14.3. The summed E-state index contributed by atoms with van der Waals surface area (Å²) in [5.41, 5.74) is 2.12. The van der Waals surface area contributed by atoms with E-state index in [0.717, 1.165) is 24.3 Å². The Kier molecular flexibility index (Phi) is 6.07. The molecule has 1 aromatic heterocycles. The van der Waals surface area contributed by atoms with Crippen LogP contribution in [0.3, 0.4) is 0 Å². The van der Waals surface area contributed by atoms with Crippen LogP contribution in [-0.4, -0.2) is 48.1 Å². The van der Waals surface area contributed by atoms with Crippen LogP contribution in [0.5, 0.6) is 11.5 Å². The van der Waals surface area contributed by atoms with Crippen molar-refractivity contribution in [2.75, 3.05) is 27.1 Å². The molecule has 0 fully saturated rings. The third-order valence-corrected chi connectivity index (χ3v) is 5.03. The molecule has 0 saturated heterocycles. The minimum atomic E-state index is 0.216. The lowest BCUT2D eigenvalue weighted by Gasteiger charge is -2.29. The van der Waals surface area contributed by atoms with E-state index in [1.165, 1.54) is 5.56 Å². The highest BCUT2D eigenvalue weighted by molar-refractivity contribution is 5.61. The number of hydrogen-bond acceptors (Lipinski definition) is 7. The standard InChI is InChI=1S/C22H25N3O4/c1-3-25(18(14-26-2)11-16-7-5-4-6-8-16)13-21-23-22(24-29-21)17-9-10-19-20(12-17)28-15-27-19/h4-10,12,18H,3,11,13-15H2,1-2H3/t18-/m1/s1. The van der Waals surface area contributed by atoms with Gasteiger partial charge in [-0.25, -0.2) is 0 Å². The third kappa shape index (κ3) is 4.58. The number of ether oxygens (including phenoxy) is 3. The number of hydrogen-bond donors (Lipinski definition) is 0. The number of rotatable bonds is 9. The zero-order valence-corrected chi connectivity index (χ0v) is 16.7. The van der Waals surface area contributed by atoms with E-state index in [1.54, 1.807) is 7.11 Å². The lowest BCUT2D eigenvalue weighted by molar-refractivity contribution is 0.0812. The second kappa shape index (κ2) is 9.07. The maximum atomic E-state index is 5.53. The summed E-state index contributed by atoms with van der Waals surface area (Å²) in [6, 6.07) is 16.3. The highest BCUT2D eigenvalue weighted by atomic mass is 16.7. The number of nitrogens with zero attached hydrogens (tertiary/aromatic N) is 3.